The van der Waals surface area contributed by atoms with Gasteiger partial charge in [0.25, 0.3) is 0 Å². The smallest absolute Gasteiger partial charge is 0.201 e. The maximum atomic E-state index is 6.44. The number of hydrogen-bond acceptors (Lipinski definition) is 4. The van der Waals surface area contributed by atoms with Crippen LogP contribution in [-0.2, 0) is 25.6 Å². The first kappa shape index (κ1) is 24.5. The van der Waals surface area contributed by atoms with Crippen molar-refractivity contribution in [1.29, 1.82) is 0 Å². The molecule has 1 fully saturated rings. The molecule has 1 saturated carbocycles. The Morgan fingerprint density at radius 1 is 0.889 bits per heavy atom. The molecule has 1 aliphatic heterocycles. The molecule has 0 aromatic heterocycles. The molecule has 0 N–H and O–H groups in total. The van der Waals surface area contributed by atoms with Crippen LogP contribution in [0.25, 0.3) is 16.8 Å². The number of allylic oxidation sites excluding steroid dienone is 3. The van der Waals surface area contributed by atoms with E-state index in [0.29, 0.717) is 12.5 Å². The number of ether oxygens (including phenoxy) is 4. The van der Waals surface area contributed by atoms with E-state index in [4.69, 9.17) is 18.9 Å². The molecule has 3 aliphatic rings. The normalized spacial score (nSPS) is 23.2. The third kappa shape index (κ3) is 4.77. The fourth-order valence-corrected chi connectivity index (χ4v) is 5.77. The molecule has 2 aliphatic carbocycles. The molecule has 0 saturated heterocycles. The van der Waals surface area contributed by atoms with Crippen molar-refractivity contribution < 1.29 is 18.9 Å². The Morgan fingerprint density at radius 3 is 2.39 bits per heavy atom. The summed E-state index contributed by atoms with van der Waals surface area (Å²) in [6.45, 7) is 1.29. The molecule has 0 radical (unpaired) electrons. The zero-order valence-corrected chi connectivity index (χ0v) is 21.0. The summed E-state index contributed by atoms with van der Waals surface area (Å²) in [6, 6.07) is 23.3. The van der Waals surface area contributed by atoms with E-state index in [1.54, 1.807) is 20.5 Å². The maximum Gasteiger partial charge on any atom is 0.201 e. The van der Waals surface area contributed by atoms with E-state index in [0.717, 1.165) is 25.0 Å². The molecular weight excluding hydrogens is 448 g/mol. The summed E-state index contributed by atoms with van der Waals surface area (Å²) in [5.41, 5.74) is 3.73. The van der Waals surface area contributed by atoms with Gasteiger partial charge in [0.2, 0.25) is 5.79 Å². The van der Waals surface area contributed by atoms with Gasteiger partial charge in [0.05, 0.1) is 12.9 Å². The Balaban J connectivity index is 0.000000391. The van der Waals surface area contributed by atoms with Crippen molar-refractivity contribution in [2.75, 3.05) is 20.8 Å². The highest BCUT2D eigenvalue weighted by molar-refractivity contribution is 5.92. The number of methoxy groups -OCH3 is 2. The zero-order chi connectivity index (χ0) is 24.8. The molecule has 3 aromatic rings. The second kappa shape index (κ2) is 11.3. The molecule has 2 unspecified atom stereocenters. The first-order valence-electron chi connectivity index (χ1n) is 12.7. The van der Waals surface area contributed by atoms with Crippen molar-refractivity contribution in [3.63, 3.8) is 0 Å². The van der Waals surface area contributed by atoms with Gasteiger partial charge >= 0.3 is 0 Å². The zero-order valence-electron chi connectivity index (χ0n) is 21.0. The number of fused-ring (bicyclic) bond motifs is 5. The largest absolute Gasteiger partial charge is 0.497 e. The van der Waals surface area contributed by atoms with Gasteiger partial charge < -0.3 is 18.9 Å². The van der Waals surface area contributed by atoms with Gasteiger partial charge in [0.15, 0.2) is 0 Å². The highest BCUT2D eigenvalue weighted by Gasteiger charge is 2.55. The Labute approximate surface area is 213 Å². The lowest BCUT2D eigenvalue weighted by Crippen LogP contribution is -2.57. The van der Waals surface area contributed by atoms with E-state index in [9.17, 15) is 0 Å². The van der Waals surface area contributed by atoms with E-state index >= 15 is 0 Å². The van der Waals surface area contributed by atoms with Gasteiger partial charge in [-0.25, -0.2) is 0 Å². The fourth-order valence-electron chi connectivity index (χ4n) is 5.77. The van der Waals surface area contributed by atoms with Crippen molar-refractivity contribution in [1.82, 2.24) is 0 Å². The molecular formula is C32H34O4. The van der Waals surface area contributed by atoms with Crippen LogP contribution in [0.1, 0.15) is 35.4 Å². The number of benzene rings is 3. The fraction of sp³-hybridized carbons (Fsp3) is 0.312. The van der Waals surface area contributed by atoms with Crippen LogP contribution in [0.3, 0.4) is 0 Å². The van der Waals surface area contributed by atoms with Crippen LogP contribution in [0.2, 0.25) is 0 Å². The van der Waals surface area contributed by atoms with Crippen molar-refractivity contribution in [2.45, 2.75) is 37.3 Å². The Morgan fingerprint density at radius 2 is 1.69 bits per heavy atom. The standard InChI is InChI=1S/C27H28O3.C5H6O/c1-28-27(29-2)25(30-18-19-8-4-3-5-9-19)17-14-21-13-15-23-22-11-7-6-10-20(22)12-16-24(23)26(21)27;1-2-4-6-5-3-1/h3-13,15-16,21,25-26H,14,17-18H2,1-2H3;1-4H,5H2/t21?,25-,26?;/m0./s1. The first-order valence-corrected chi connectivity index (χ1v) is 12.7. The summed E-state index contributed by atoms with van der Waals surface area (Å²) in [6.07, 6.45) is 13.9. The second-order valence-corrected chi connectivity index (χ2v) is 9.37. The summed E-state index contributed by atoms with van der Waals surface area (Å²) in [5, 5.41) is 2.53. The van der Waals surface area contributed by atoms with E-state index in [-0.39, 0.29) is 12.0 Å². The van der Waals surface area contributed by atoms with Crippen LogP contribution in [0, 0.1) is 5.92 Å². The van der Waals surface area contributed by atoms with Gasteiger partial charge in [0, 0.05) is 20.1 Å². The van der Waals surface area contributed by atoms with Crippen LogP contribution in [0.15, 0.2) is 97.3 Å². The molecule has 0 spiro atoms. The van der Waals surface area contributed by atoms with Crippen LogP contribution < -0.4 is 0 Å². The molecule has 36 heavy (non-hydrogen) atoms. The van der Waals surface area contributed by atoms with Crippen LogP contribution in [0.4, 0.5) is 0 Å². The van der Waals surface area contributed by atoms with E-state index < -0.39 is 5.79 Å². The highest BCUT2D eigenvalue weighted by atomic mass is 16.7. The molecule has 4 nitrogen and oxygen atoms in total. The van der Waals surface area contributed by atoms with Crippen LogP contribution in [0.5, 0.6) is 0 Å². The minimum absolute atomic E-state index is 0.0895. The SMILES string of the molecule is C1=CCOC=C1.COC1(OC)C2c3ccc4ccccc4c3C=CC2CC[C@@H]1OCc1ccccc1. The van der Waals surface area contributed by atoms with Gasteiger partial charge in [0.1, 0.15) is 12.7 Å². The average molecular weight is 483 g/mol. The van der Waals surface area contributed by atoms with Gasteiger partial charge in [-0.15, -0.1) is 0 Å². The highest BCUT2D eigenvalue weighted by Crippen LogP contribution is 2.52. The number of rotatable bonds is 5. The third-order valence-corrected chi connectivity index (χ3v) is 7.47. The average Bonchev–Trinajstić information content (AvgIpc) is 2.97. The van der Waals surface area contributed by atoms with Crippen LogP contribution in [-0.4, -0.2) is 32.7 Å². The summed E-state index contributed by atoms with van der Waals surface area (Å²) < 4.78 is 23.6. The molecule has 0 bridgehead atoms. The van der Waals surface area contributed by atoms with E-state index in [1.165, 1.54) is 21.9 Å². The summed E-state index contributed by atoms with van der Waals surface area (Å²) >= 11 is 0. The van der Waals surface area contributed by atoms with E-state index in [1.807, 2.05) is 36.4 Å². The maximum absolute atomic E-state index is 6.44. The molecule has 3 atom stereocenters. The van der Waals surface area contributed by atoms with E-state index in [2.05, 4.69) is 60.7 Å². The minimum atomic E-state index is -0.820. The summed E-state index contributed by atoms with van der Waals surface area (Å²) in [4.78, 5) is 0. The lowest BCUT2D eigenvalue weighted by atomic mass is 9.66. The predicted octanol–water partition coefficient (Wildman–Crippen LogP) is 7.02. The molecule has 186 valence electrons. The predicted molar refractivity (Wildman–Crippen MR) is 144 cm³/mol. The Hall–Kier alpha value is -3.18. The molecule has 4 heteroatoms. The van der Waals surface area contributed by atoms with Crippen LogP contribution >= 0.6 is 0 Å². The molecule has 1 heterocycles. The Kier molecular flexibility index (Phi) is 7.66. The van der Waals surface area contributed by atoms with Crippen molar-refractivity contribution in [3.05, 3.63) is 114 Å². The third-order valence-electron chi connectivity index (χ3n) is 7.47. The minimum Gasteiger partial charge on any atom is -0.497 e. The number of hydrogen-bond donors (Lipinski definition) is 0. The summed E-state index contributed by atoms with van der Waals surface area (Å²) in [7, 11) is 3.51. The van der Waals surface area contributed by atoms with Gasteiger partial charge in [-0.2, -0.15) is 0 Å². The molecule has 3 aromatic carbocycles. The van der Waals surface area contributed by atoms with Gasteiger partial charge in [-0.1, -0.05) is 85.0 Å². The lowest BCUT2D eigenvalue weighted by molar-refractivity contribution is -0.300. The van der Waals surface area contributed by atoms with Crippen molar-refractivity contribution in [2.24, 2.45) is 5.92 Å². The van der Waals surface area contributed by atoms with Crippen molar-refractivity contribution in [3.8, 4) is 0 Å². The molecule has 6 rings (SSSR count). The summed E-state index contributed by atoms with van der Waals surface area (Å²) in [5.74, 6) is -0.360. The lowest BCUT2D eigenvalue weighted by Gasteiger charge is -2.51. The van der Waals surface area contributed by atoms with Crippen molar-refractivity contribution >= 4 is 16.8 Å². The Bertz CT molecular complexity index is 1230. The molecule has 0 amide bonds. The first-order chi connectivity index (χ1) is 17.8. The van der Waals surface area contributed by atoms with Gasteiger partial charge in [-0.3, -0.25) is 0 Å². The second-order valence-electron chi connectivity index (χ2n) is 9.37. The topological polar surface area (TPSA) is 36.9 Å². The van der Waals surface area contributed by atoms with Gasteiger partial charge in [-0.05, 0) is 58.4 Å². The monoisotopic (exact) mass is 482 g/mol. The quantitative estimate of drug-likeness (QED) is 0.366.